The first-order valence-electron chi connectivity index (χ1n) is 9.90. The van der Waals surface area contributed by atoms with Crippen molar-refractivity contribution in [2.24, 2.45) is 5.73 Å². The average molecular weight is 489 g/mol. The first-order chi connectivity index (χ1) is 16.2. The van der Waals surface area contributed by atoms with Crippen molar-refractivity contribution in [3.63, 3.8) is 0 Å². The number of nitriles is 1. The van der Waals surface area contributed by atoms with Crippen molar-refractivity contribution in [1.29, 1.82) is 5.26 Å². The second-order valence-electron chi connectivity index (χ2n) is 7.51. The first-order valence-corrected chi connectivity index (χ1v) is 10.3. The molecule has 0 bridgehead atoms. The molecule has 0 fully saturated rings. The number of aromatic nitrogens is 2. The van der Waals surface area contributed by atoms with E-state index in [1.807, 2.05) is 6.07 Å². The van der Waals surface area contributed by atoms with E-state index in [0.717, 1.165) is 15.6 Å². The lowest BCUT2D eigenvalue weighted by Crippen LogP contribution is -2.45. The highest BCUT2D eigenvalue weighted by Crippen LogP contribution is 2.35. The summed E-state index contributed by atoms with van der Waals surface area (Å²) < 4.78 is 42.5. The van der Waals surface area contributed by atoms with E-state index >= 15 is 0 Å². The Morgan fingerprint density at radius 3 is 2.53 bits per heavy atom. The van der Waals surface area contributed by atoms with Crippen LogP contribution in [-0.2, 0) is 6.54 Å². The van der Waals surface area contributed by atoms with E-state index in [1.54, 1.807) is 0 Å². The Labute approximate surface area is 196 Å². The molecule has 3 N–H and O–H groups in total. The van der Waals surface area contributed by atoms with Crippen molar-refractivity contribution in [3.8, 4) is 17.3 Å². The van der Waals surface area contributed by atoms with Crippen molar-refractivity contribution < 1.29 is 22.8 Å². The molecule has 3 amide bonds. The molecule has 0 spiro atoms. The molecule has 1 aliphatic rings. The summed E-state index contributed by atoms with van der Waals surface area (Å²) in [4.78, 5) is 26.3. The van der Waals surface area contributed by atoms with Crippen LogP contribution in [0.4, 0.5) is 23.7 Å². The number of hydrogen-bond acceptors (Lipinski definition) is 4. The number of nitrogens with two attached hydrogens (primary N) is 1. The van der Waals surface area contributed by atoms with Gasteiger partial charge in [-0.05, 0) is 42.5 Å². The van der Waals surface area contributed by atoms with Gasteiger partial charge in [-0.1, -0.05) is 11.6 Å². The molecule has 0 unspecified atom stereocenters. The summed E-state index contributed by atoms with van der Waals surface area (Å²) in [6, 6.07) is 9.26. The third-order valence-corrected chi connectivity index (χ3v) is 5.64. The number of nitrogens with zero attached hydrogens (tertiary/aromatic N) is 4. The van der Waals surface area contributed by atoms with Gasteiger partial charge in [-0.25, -0.2) is 18.0 Å². The van der Waals surface area contributed by atoms with Gasteiger partial charge in [0.15, 0.2) is 0 Å². The highest BCUT2D eigenvalue weighted by atomic mass is 35.5. The largest absolute Gasteiger partial charge is 0.365 e. The van der Waals surface area contributed by atoms with E-state index in [0.29, 0.717) is 11.3 Å². The molecule has 2 heterocycles. The number of halogens is 4. The Kier molecular flexibility index (Phi) is 6.17. The number of fused-ring (bicyclic) bond motifs is 1. The van der Waals surface area contributed by atoms with E-state index in [9.17, 15) is 22.8 Å². The predicted molar refractivity (Wildman–Crippen MR) is 117 cm³/mol. The van der Waals surface area contributed by atoms with Gasteiger partial charge in [-0.2, -0.15) is 10.4 Å². The third kappa shape index (κ3) is 4.27. The van der Waals surface area contributed by atoms with E-state index < -0.39 is 36.8 Å². The lowest BCUT2D eigenvalue weighted by Gasteiger charge is -2.33. The predicted octanol–water partition coefficient (Wildman–Crippen LogP) is 4.17. The molecule has 0 saturated heterocycles. The Balaban J connectivity index is 1.72. The molecule has 0 saturated carbocycles. The van der Waals surface area contributed by atoms with Crippen LogP contribution >= 0.6 is 11.6 Å². The number of primary amides is 1. The number of anilines is 1. The first kappa shape index (κ1) is 23.1. The zero-order chi connectivity index (χ0) is 24.6. The molecule has 8 nitrogen and oxygen atoms in total. The summed E-state index contributed by atoms with van der Waals surface area (Å²) in [5.41, 5.74) is 6.33. The SMILES string of the molecule is N#Cc1ccc(NC(=O)N2Cc3c(C(N)=O)c(-c4ccc(F)c(Cl)c4)nn3[C@H](C(F)F)C2)cc1. The standard InChI is InChI=1S/C22H16ClF3N6O2/c23-14-7-12(3-6-15(14)24)19-18(21(28)33)16-9-31(10-17(20(25)26)32(16)30-19)22(34)29-13-4-1-11(8-27)2-5-13/h1-7,17,20H,9-10H2,(H2,28,33)(H,29,34)/t17-/m0/s1. The number of rotatable bonds is 4. The molecule has 1 aliphatic heterocycles. The molecule has 0 radical (unpaired) electrons. The van der Waals surface area contributed by atoms with Crippen molar-refractivity contribution in [2.45, 2.75) is 19.0 Å². The maximum Gasteiger partial charge on any atom is 0.322 e. The minimum absolute atomic E-state index is 0.0227. The minimum Gasteiger partial charge on any atom is -0.365 e. The molecule has 1 atom stereocenters. The van der Waals surface area contributed by atoms with Gasteiger partial charge >= 0.3 is 6.03 Å². The maximum atomic E-state index is 14.0. The van der Waals surface area contributed by atoms with Crippen LogP contribution in [0.15, 0.2) is 42.5 Å². The Morgan fingerprint density at radius 2 is 1.94 bits per heavy atom. The molecule has 0 aliphatic carbocycles. The van der Waals surface area contributed by atoms with Gasteiger partial charge in [-0.3, -0.25) is 9.48 Å². The monoisotopic (exact) mass is 488 g/mol. The van der Waals surface area contributed by atoms with Gasteiger partial charge < -0.3 is 16.0 Å². The number of urea groups is 1. The lowest BCUT2D eigenvalue weighted by molar-refractivity contribution is 0.0444. The molecule has 12 heteroatoms. The maximum absolute atomic E-state index is 14.0. The molecule has 2 aromatic carbocycles. The normalized spacial score (nSPS) is 15.1. The van der Waals surface area contributed by atoms with E-state index in [4.69, 9.17) is 22.6 Å². The summed E-state index contributed by atoms with van der Waals surface area (Å²) in [6.07, 6.45) is -2.92. The van der Waals surface area contributed by atoms with Gasteiger partial charge in [0.05, 0.1) is 41.0 Å². The molecule has 174 valence electrons. The number of benzene rings is 2. The molecule has 34 heavy (non-hydrogen) atoms. The second-order valence-corrected chi connectivity index (χ2v) is 7.92. The van der Waals surface area contributed by atoms with Crippen molar-refractivity contribution in [2.75, 3.05) is 11.9 Å². The van der Waals surface area contributed by atoms with Gasteiger partial charge in [0.2, 0.25) is 0 Å². The van der Waals surface area contributed by atoms with Crippen LogP contribution in [-0.4, -0.2) is 39.6 Å². The Morgan fingerprint density at radius 1 is 1.24 bits per heavy atom. The van der Waals surface area contributed by atoms with E-state index in [-0.39, 0.29) is 34.1 Å². The Bertz CT molecular complexity index is 1320. The number of nitrogens with one attached hydrogen (secondary N) is 1. The highest BCUT2D eigenvalue weighted by molar-refractivity contribution is 6.31. The topological polar surface area (TPSA) is 117 Å². The zero-order valence-corrected chi connectivity index (χ0v) is 18.1. The summed E-state index contributed by atoms with van der Waals surface area (Å²) in [7, 11) is 0. The quantitative estimate of drug-likeness (QED) is 0.573. The fourth-order valence-electron chi connectivity index (χ4n) is 3.72. The van der Waals surface area contributed by atoms with Crippen molar-refractivity contribution in [1.82, 2.24) is 14.7 Å². The van der Waals surface area contributed by atoms with Crippen LogP contribution in [0.2, 0.25) is 5.02 Å². The van der Waals surface area contributed by atoms with Crippen LogP contribution in [0.25, 0.3) is 11.3 Å². The van der Waals surface area contributed by atoms with Gasteiger partial charge in [-0.15, -0.1) is 0 Å². The van der Waals surface area contributed by atoms with Gasteiger partial charge in [0.25, 0.3) is 12.3 Å². The molecule has 1 aromatic heterocycles. The highest BCUT2D eigenvalue weighted by Gasteiger charge is 2.38. The van der Waals surface area contributed by atoms with Gasteiger partial charge in [0, 0.05) is 11.3 Å². The molecule has 4 rings (SSSR count). The fraction of sp³-hybridized carbons (Fsp3) is 0.182. The number of carbonyl (C=O) groups excluding carboxylic acids is 2. The number of alkyl halides is 2. The zero-order valence-electron chi connectivity index (χ0n) is 17.3. The minimum atomic E-state index is -2.92. The Hall–Kier alpha value is -4.04. The third-order valence-electron chi connectivity index (χ3n) is 5.35. The fourth-order valence-corrected chi connectivity index (χ4v) is 3.90. The summed E-state index contributed by atoms with van der Waals surface area (Å²) in [5, 5.41) is 15.4. The summed E-state index contributed by atoms with van der Waals surface area (Å²) in [5.74, 6) is -1.65. The number of hydrogen-bond donors (Lipinski definition) is 2. The number of amides is 3. The second kappa shape index (κ2) is 9.07. The van der Waals surface area contributed by atoms with Gasteiger partial charge in [0.1, 0.15) is 17.6 Å². The van der Waals surface area contributed by atoms with Crippen LogP contribution < -0.4 is 11.1 Å². The summed E-state index contributed by atoms with van der Waals surface area (Å²) in [6.45, 7) is -0.623. The van der Waals surface area contributed by atoms with E-state index in [2.05, 4.69) is 10.4 Å². The molecular weight excluding hydrogens is 473 g/mol. The van der Waals surface area contributed by atoms with Crippen LogP contribution in [0.5, 0.6) is 0 Å². The lowest BCUT2D eigenvalue weighted by atomic mass is 10.0. The average Bonchev–Trinajstić information content (AvgIpc) is 3.20. The van der Waals surface area contributed by atoms with E-state index in [1.165, 1.54) is 36.4 Å². The number of carbonyl (C=O) groups is 2. The molecular formula is C22H16ClF3N6O2. The molecule has 3 aromatic rings. The smallest absolute Gasteiger partial charge is 0.322 e. The van der Waals surface area contributed by atoms with Crippen LogP contribution in [0.3, 0.4) is 0 Å². The summed E-state index contributed by atoms with van der Waals surface area (Å²) >= 11 is 5.84. The van der Waals surface area contributed by atoms with Crippen molar-refractivity contribution >= 4 is 29.2 Å². The van der Waals surface area contributed by atoms with Crippen molar-refractivity contribution in [3.05, 3.63) is 70.1 Å². The van der Waals surface area contributed by atoms with Crippen LogP contribution in [0.1, 0.15) is 27.7 Å². The van der Waals surface area contributed by atoms with Crippen LogP contribution in [0, 0.1) is 17.1 Å².